The summed E-state index contributed by atoms with van der Waals surface area (Å²) in [4.78, 5) is 4.45. The van der Waals surface area contributed by atoms with E-state index in [-0.39, 0.29) is 7.43 Å². The van der Waals surface area contributed by atoms with Gasteiger partial charge in [-0.2, -0.15) is 0 Å². The molecule has 0 atom stereocenters. The minimum atomic E-state index is 0. The van der Waals surface area contributed by atoms with Gasteiger partial charge in [-0.1, -0.05) is 118 Å². The van der Waals surface area contributed by atoms with E-state index in [1.165, 1.54) is 47.9 Å². The van der Waals surface area contributed by atoms with Gasteiger partial charge in [0.1, 0.15) is 0 Å². The third kappa shape index (κ3) is 10.3. The maximum absolute atomic E-state index is 4.45. The largest absolute Gasteiger partial charge is 0.382 e. The third-order valence-corrected chi connectivity index (χ3v) is 7.58. The summed E-state index contributed by atoms with van der Waals surface area (Å²) in [6.07, 6.45) is 16.1. The van der Waals surface area contributed by atoms with Crippen LogP contribution in [0.1, 0.15) is 76.1 Å². The molecule has 0 spiro atoms. The van der Waals surface area contributed by atoms with Crippen LogP contribution in [0.5, 0.6) is 0 Å². The van der Waals surface area contributed by atoms with Crippen molar-refractivity contribution >= 4 is 5.57 Å². The fourth-order valence-electron chi connectivity index (χ4n) is 4.77. The predicted octanol–water partition coefficient (Wildman–Crippen LogP) is 11.0. The molecule has 0 amide bonds. The number of aromatic nitrogens is 1. The molecule has 1 aliphatic carbocycles. The lowest BCUT2D eigenvalue weighted by molar-refractivity contribution is 0.591. The number of hydrogen-bond acceptors (Lipinski definition) is 2. The summed E-state index contributed by atoms with van der Waals surface area (Å²) in [5.41, 5.74) is 12.3. The molecule has 0 radical (unpaired) electrons. The van der Waals surface area contributed by atoms with Crippen LogP contribution < -0.4 is 5.32 Å². The van der Waals surface area contributed by atoms with Crippen molar-refractivity contribution in [1.29, 1.82) is 0 Å². The Kier molecular flexibility index (Phi) is 13.7. The number of nitrogens with zero attached hydrogens (tertiary/aromatic N) is 1. The van der Waals surface area contributed by atoms with E-state index in [1.807, 2.05) is 38.4 Å². The van der Waals surface area contributed by atoms with Crippen molar-refractivity contribution < 1.29 is 0 Å². The molecular weight excluding hydrogens is 508 g/mol. The summed E-state index contributed by atoms with van der Waals surface area (Å²) in [6, 6.07) is 19.8. The average molecular weight is 559 g/mol. The van der Waals surface area contributed by atoms with Gasteiger partial charge in [-0.05, 0) is 98.1 Å². The fourth-order valence-corrected chi connectivity index (χ4v) is 4.77. The Bertz CT molecular complexity index is 1430. The number of pyridine rings is 1. The number of hydrogen-bond donors (Lipinski definition) is 1. The van der Waals surface area contributed by atoms with Gasteiger partial charge >= 0.3 is 0 Å². The van der Waals surface area contributed by atoms with E-state index in [9.17, 15) is 0 Å². The highest BCUT2D eigenvalue weighted by molar-refractivity contribution is 5.81. The molecule has 1 aliphatic rings. The minimum absolute atomic E-state index is 0. The lowest BCUT2D eigenvalue weighted by Gasteiger charge is -2.15. The van der Waals surface area contributed by atoms with E-state index < -0.39 is 0 Å². The number of rotatable bonds is 10. The van der Waals surface area contributed by atoms with Crippen LogP contribution in [-0.2, 0) is 6.42 Å². The van der Waals surface area contributed by atoms with Gasteiger partial charge in [0.25, 0.3) is 0 Å². The molecule has 1 aromatic heterocycles. The zero-order chi connectivity index (χ0) is 29.8. The van der Waals surface area contributed by atoms with Gasteiger partial charge in [-0.25, -0.2) is 0 Å². The van der Waals surface area contributed by atoms with Crippen molar-refractivity contribution in [2.45, 2.75) is 73.3 Å². The molecule has 0 unspecified atom stereocenters. The Morgan fingerprint density at radius 1 is 0.881 bits per heavy atom. The molecule has 3 aromatic rings. The number of aryl methyl sites for hydroxylation is 1. The minimum Gasteiger partial charge on any atom is -0.382 e. The Labute approximate surface area is 256 Å². The van der Waals surface area contributed by atoms with Crippen LogP contribution in [-0.4, -0.2) is 11.0 Å². The van der Waals surface area contributed by atoms with Crippen molar-refractivity contribution in [1.82, 2.24) is 10.3 Å². The Hall–Kier alpha value is -4.17. The number of benzene rings is 2. The van der Waals surface area contributed by atoms with Crippen LogP contribution in [0.3, 0.4) is 0 Å². The van der Waals surface area contributed by atoms with E-state index in [0.717, 1.165) is 45.5 Å². The van der Waals surface area contributed by atoms with Gasteiger partial charge in [0.05, 0.1) is 0 Å². The first-order valence-corrected chi connectivity index (χ1v) is 14.6. The summed E-state index contributed by atoms with van der Waals surface area (Å²) in [7, 11) is 0. The zero-order valence-electron chi connectivity index (χ0n) is 25.5. The monoisotopic (exact) mass is 558 g/mol. The quantitative estimate of drug-likeness (QED) is 0.250. The van der Waals surface area contributed by atoms with E-state index in [4.69, 9.17) is 0 Å². The molecule has 0 bridgehead atoms. The lowest BCUT2D eigenvalue weighted by Crippen LogP contribution is -2.25. The second-order valence-electron chi connectivity index (χ2n) is 11.0. The standard InChI is InChI=1S/C24H23N.C15H23N.CH4/c1-17(2)19(4)24-14-22(11-10-18(24)3)23-13-21(15-25-16-23)12-20-8-6-5-7-9-20;1-5-12(2)10-11-13(3)14(4)16-15-8-6-7-9-15;/h5-11,13-16H,1,4,12H2,2-3H3;5,10-11,15-16H,3-4,6-9H2,1-2H3;1H4/b;11-10-,12-5-;. The van der Waals surface area contributed by atoms with Crippen molar-refractivity contribution in [3.05, 3.63) is 156 Å². The number of nitrogens with one attached hydrogen (secondary N) is 1. The summed E-state index contributed by atoms with van der Waals surface area (Å²) in [6.45, 7) is 24.5. The fraction of sp³-hybridized carbons (Fsp3) is 0.275. The first-order chi connectivity index (χ1) is 19.7. The van der Waals surface area contributed by atoms with Crippen LogP contribution >= 0.6 is 0 Å². The van der Waals surface area contributed by atoms with E-state index in [1.54, 1.807) is 0 Å². The highest BCUT2D eigenvalue weighted by Crippen LogP contribution is 2.29. The molecule has 220 valence electrons. The van der Waals surface area contributed by atoms with Gasteiger partial charge in [0, 0.05) is 29.7 Å². The van der Waals surface area contributed by atoms with Gasteiger partial charge in [-0.15, -0.1) is 0 Å². The first-order valence-electron chi connectivity index (χ1n) is 14.6. The van der Waals surface area contributed by atoms with Crippen molar-refractivity contribution in [2.24, 2.45) is 0 Å². The highest BCUT2D eigenvalue weighted by atomic mass is 14.9. The molecule has 1 heterocycles. The van der Waals surface area contributed by atoms with Crippen molar-refractivity contribution in [3.63, 3.8) is 0 Å². The second-order valence-corrected chi connectivity index (χ2v) is 11.0. The SMILES string of the molecule is C.C=C(/C=C\C(C)=C/C)C(=C)NC1CCCC1.C=C(C)C(=C)c1cc(-c2cncc(Cc3ccccc3)c2)ccc1C. The van der Waals surface area contributed by atoms with Crippen LogP contribution in [0.2, 0.25) is 0 Å². The van der Waals surface area contributed by atoms with E-state index in [0.29, 0.717) is 6.04 Å². The molecule has 0 saturated heterocycles. The molecule has 1 fully saturated rings. The second kappa shape index (κ2) is 16.9. The predicted molar refractivity (Wildman–Crippen MR) is 186 cm³/mol. The Balaban J connectivity index is 0.000000316. The van der Waals surface area contributed by atoms with Gasteiger partial charge in [-0.3, -0.25) is 4.98 Å². The molecule has 4 rings (SSSR count). The summed E-state index contributed by atoms with van der Waals surface area (Å²) >= 11 is 0. The van der Waals surface area contributed by atoms with Crippen LogP contribution in [0.15, 0.2) is 134 Å². The van der Waals surface area contributed by atoms with E-state index >= 15 is 0 Å². The Morgan fingerprint density at radius 3 is 2.21 bits per heavy atom. The first kappa shape index (κ1) is 34.0. The number of allylic oxidation sites excluding steroid dienone is 6. The topological polar surface area (TPSA) is 24.9 Å². The molecular formula is C40H50N2. The maximum atomic E-state index is 4.45. The highest BCUT2D eigenvalue weighted by Gasteiger charge is 2.15. The molecule has 2 nitrogen and oxygen atoms in total. The zero-order valence-corrected chi connectivity index (χ0v) is 25.5. The summed E-state index contributed by atoms with van der Waals surface area (Å²) in [5, 5.41) is 3.46. The maximum Gasteiger partial charge on any atom is 0.0346 e. The lowest BCUT2D eigenvalue weighted by atomic mass is 9.93. The summed E-state index contributed by atoms with van der Waals surface area (Å²) in [5.74, 6) is 0. The molecule has 2 heteroatoms. The molecule has 1 N–H and O–H groups in total. The molecule has 2 aromatic carbocycles. The third-order valence-electron chi connectivity index (χ3n) is 7.58. The average Bonchev–Trinajstić information content (AvgIpc) is 3.49. The smallest absolute Gasteiger partial charge is 0.0346 e. The van der Waals surface area contributed by atoms with Gasteiger partial charge < -0.3 is 5.32 Å². The molecule has 1 saturated carbocycles. The van der Waals surface area contributed by atoms with Gasteiger partial charge in [0.15, 0.2) is 0 Å². The van der Waals surface area contributed by atoms with Crippen molar-refractivity contribution in [2.75, 3.05) is 0 Å². The van der Waals surface area contributed by atoms with Crippen molar-refractivity contribution in [3.8, 4) is 11.1 Å². The van der Waals surface area contributed by atoms with E-state index in [2.05, 4.69) is 111 Å². The Morgan fingerprint density at radius 2 is 1.57 bits per heavy atom. The normalized spacial score (nSPS) is 13.1. The van der Waals surface area contributed by atoms with Crippen LogP contribution in [0.25, 0.3) is 16.7 Å². The summed E-state index contributed by atoms with van der Waals surface area (Å²) < 4.78 is 0. The molecule has 0 aliphatic heterocycles. The van der Waals surface area contributed by atoms with Gasteiger partial charge in [0.2, 0.25) is 0 Å². The molecule has 42 heavy (non-hydrogen) atoms. The van der Waals surface area contributed by atoms with Crippen LogP contribution in [0.4, 0.5) is 0 Å². The van der Waals surface area contributed by atoms with Crippen LogP contribution in [0, 0.1) is 6.92 Å².